The summed E-state index contributed by atoms with van der Waals surface area (Å²) in [4.78, 5) is 11.7. The molecule has 22 heavy (non-hydrogen) atoms. The number of nitrogens with one attached hydrogen (secondary N) is 1. The molecule has 0 bridgehead atoms. The highest BCUT2D eigenvalue weighted by Crippen LogP contribution is 2.42. The molecule has 1 aromatic carbocycles. The number of ether oxygens (including phenoxy) is 1. The molecular weight excluding hydrogens is 303 g/mol. The Morgan fingerprint density at radius 3 is 2.68 bits per heavy atom. The van der Waals surface area contributed by atoms with Crippen LogP contribution < -0.4 is 5.32 Å². The Labute approximate surface area is 130 Å². The van der Waals surface area contributed by atoms with Crippen molar-refractivity contribution in [3.05, 3.63) is 35.9 Å². The summed E-state index contributed by atoms with van der Waals surface area (Å²) >= 11 is 0. The lowest BCUT2D eigenvalue weighted by atomic mass is 10.2. The van der Waals surface area contributed by atoms with Crippen LogP contribution in [0.4, 0.5) is 4.79 Å². The van der Waals surface area contributed by atoms with E-state index in [0.29, 0.717) is 6.61 Å². The standard InChI is InChI=1S/C15H21N2O4P/c1-3-21-22(2,19)10-9-14(11-16)17-15(18)20-12-13-7-5-4-6-8-13/h4-8,14H,3,9-10,12H2,1-2H3,(H,17,18). The fraction of sp³-hybridized carbons (Fsp3) is 0.467. The van der Waals surface area contributed by atoms with Gasteiger partial charge in [0.2, 0.25) is 0 Å². The third-order valence-electron chi connectivity index (χ3n) is 2.89. The van der Waals surface area contributed by atoms with E-state index in [0.717, 1.165) is 5.56 Å². The van der Waals surface area contributed by atoms with E-state index in [2.05, 4.69) is 5.32 Å². The number of amides is 1. The Balaban J connectivity index is 2.37. The van der Waals surface area contributed by atoms with Crippen molar-refractivity contribution in [3.8, 4) is 6.07 Å². The molecule has 0 aliphatic carbocycles. The van der Waals surface area contributed by atoms with Gasteiger partial charge in [-0.3, -0.25) is 4.57 Å². The predicted molar refractivity (Wildman–Crippen MR) is 83.8 cm³/mol. The van der Waals surface area contributed by atoms with Gasteiger partial charge in [0.25, 0.3) is 0 Å². The third kappa shape index (κ3) is 7.26. The first-order valence-electron chi connectivity index (χ1n) is 7.04. The lowest BCUT2D eigenvalue weighted by molar-refractivity contribution is 0.137. The number of rotatable bonds is 8. The summed E-state index contributed by atoms with van der Waals surface area (Å²) in [6.45, 7) is 3.78. The van der Waals surface area contributed by atoms with E-state index in [1.54, 1.807) is 6.92 Å². The van der Waals surface area contributed by atoms with Crippen molar-refractivity contribution < 1.29 is 18.6 Å². The molecule has 0 aliphatic rings. The molecule has 0 aliphatic heterocycles. The maximum Gasteiger partial charge on any atom is 0.408 e. The molecule has 7 heteroatoms. The Morgan fingerprint density at radius 1 is 1.41 bits per heavy atom. The summed E-state index contributed by atoms with van der Waals surface area (Å²) in [5, 5.41) is 11.5. The zero-order valence-electron chi connectivity index (χ0n) is 12.8. The van der Waals surface area contributed by atoms with Gasteiger partial charge in [-0.15, -0.1) is 0 Å². The van der Waals surface area contributed by atoms with E-state index in [-0.39, 0.29) is 19.2 Å². The summed E-state index contributed by atoms with van der Waals surface area (Å²) in [5.41, 5.74) is 0.862. The van der Waals surface area contributed by atoms with Crippen molar-refractivity contribution in [3.63, 3.8) is 0 Å². The van der Waals surface area contributed by atoms with Crippen molar-refractivity contribution in [2.45, 2.75) is 26.0 Å². The van der Waals surface area contributed by atoms with Gasteiger partial charge in [0, 0.05) is 12.8 Å². The van der Waals surface area contributed by atoms with Crippen LogP contribution in [-0.2, 0) is 20.4 Å². The Hall–Kier alpha value is -1.83. The fourth-order valence-corrected chi connectivity index (χ4v) is 3.18. The number of alkyl carbamates (subject to hydrolysis) is 1. The zero-order chi connectivity index (χ0) is 16.4. The molecule has 0 heterocycles. The molecule has 2 unspecified atom stereocenters. The fourth-order valence-electron chi connectivity index (χ4n) is 1.78. The van der Waals surface area contributed by atoms with Gasteiger partial charge in [-0.2, -0.15) is 5.26 Å². The van der Waals surface area contributed by atoms with E-state index >= 15 is 0 Å². The van der Waals surface area contributed by atoms with E-state index < -0.39 is 19.5 Å². The van der Waals surface area contributed by atoms with E-state index in [4.69, 9.17) is 14.5 Å². The number of nitriles is 1. The summed E-state index contributed by atoms with van der Waals surface area (Å²) in [6.07, 6.45) is -0.180. The lowest BCUT2D eigenvalue weighted by Gasteiger charge is -2.15. The molecular formula is C15H21N2O4P. The van der Waals surface area contributed by atoms with Gasteiger partial charge in [-0.05, 0) is 18.9 Å². The van der Waals surface area contributed by atoms with Gasteiger partial charge >= 0.3 is 6.09 Å². The monoisotopic (exact) mass is 324 g/mol. The molecule has 0 saturated carbocycles. The number of benzene rings is 1. The normalized spacial score (nSPS) is 14.4. The quantitative estimate of drug-likeness (QED) is 0.742. The second-order valence-electron chi connectivity index (χ2n) is 4.83. The van der Waals surface area contributed by atoms with Crippen LogP contribution in [0.25, 0.3) is 0 Å². The maximum atomic E-state index is 12.0. The van der Waals surface area contributed by atoms with Crippen molar-refractivity contribution in [1.82, 2.24) is 5.32 Å². The average molecular weight is 324 g/mol. The molecule has 0 radical (unpaired) electrons. The highest BCUT2D eigenvalue weighted by atomic mass is 31.2. The van der Waals surface area contributed by atoms with Crippen LogP contribution in [0, 0.1) is 11.3 Å². The van der Waals surface area contributed by atoms with Gasteiger partial charge in [-0.1, -0.05) is 30.3 Å². The molecule has 1 aromatic rings. The van der Waals surface area contributed by atoms with Crippen LogP contribution in [0.5, 0.6) is 0 Å². The minimum Gasteiger partial charge on any atom is -0.445 e. The Morgan fingerprint density at radius 2 is 2.09 bits per heavy atom. The average Bonchev–Trinajstić information content (AvgIpc) is 2.50. The number of hydrogen-bond donors (Lipinski definition) is 1. The molecule has 0 fully saturated rings. The van der Waals surface area contributed by atoms with Gasteiger partial charge in [0.15, 0.2) is 7.37 Å². The van der Waals surface area contributed by atoms with Crippen LogP contribution in [-0.4, -0.2) is 31.6 Å². The largest absolute Gasteiger partial charge is 0.445 e. The van der Waals surface area contributed by atoms with Crippen LogP contribution in [0.2, 0.25) is 0 Å². The van der Waals surface area contributed by atoms with Crippen molar-refractivity contribution in [1.29, 1.82) is 5.26 Å². The van der Waals surface area contributed by atoms with Gasteiger partial charge < -0.3 is 14.6 Å². The smallest absolute Gasteiger partial charge is 0.408 e. The van der Waals surface area contributed by atoms with Gasteiger partial charge in [-0.25, -0.2) is 4.79 Å². The SMILES string of the molecule is CCOP(C)(=O)CCC(C#N)NC(=O)OCc1ccccc1. The predicted octanol–water partition coefficient (Wildman–Crippen LogP) is 3.14. The minimum atomic E-state index is -2.71. The second kappa shape index (κ2) is 9.24. The van der Waals surface area contributed by atoms with Gasteiger partial charge in [0.1, 0.15) is 12.6 Å². The highest BCUT2D eigenvalue weighted by Gasteiger charge is 2.20. The minimum absolute atomic E-state index is 0.135. The van der Waals surface area contributed by atoms with E-state index in [1.807, 2.05) is 36.4 Å². The number of nitrogens with zero attached hydrogens (tertiary/aromatic N) is 1. The Bertz CT molecular complexity index is 556. The first-order chi connectivity index (χ1) is 10.5. The second-order valence-corrected chi connectivity index (χ2v) is 7.57. The topological polar surface area (TPSA) is 88.4 Å². The molecule has 120 valence electrons. The summed E-state index contributed by atoms with van der Waals surface area (Å²) in [5.74, 6) is 0. The first kappa shape index (κ1) is 18.2. The van der Waals surface area contributed by atoms with Crippen molar-refractivity contribution >= 4 is 13.5 Å². The maximum absolute atomic E-state index is 12.0. The molecule has 1 rings (SSSR count). The molecule has 0 saturated heterocycles. The molecule has 6 nitrogen and oxygen atoms in total. The number of hydrogen-bond acceptors (Lipinski definition) is 5. The molecule has 0 spiro atoms. The zero-order valence-corrected chi connectivity index (χ0v) is 13.7. The van der Waals surface area contributed by atoms with E-state index in [9.17, 15) is 9.36 Å². The van der Waals surface area contributed by atoms with Crippen LogP contribution >= 0.6 is 7.37 Å². The summed E-state index contributed by atoms with van der Waals surface area (Å²) in [7, 11) is -2.71. The highest BCUT2D eigenvalue weighted by molar-refractivity contribution is 7.58. The van der Waals surface area contributed by atoms with Gasteiger partial charge in [0.05, 0.1) is 12.7 Å². The summed E-state index contributed by atoms with van der Waals surface area (Å²) in [6, 6.07) is 10.4. The lowest BCUT2D eigenvalue weighted by Crippen LogP contribution is -2.34. The van der Waals surface area contributed by atoms with Crippen molar-refractivity contribution in [2.75, 3.05) is 19.4 Å². The molecule has 1 N–H and O–H groups in total. The Kier molecular flexibility index (Phi) is 7.65. The van der Waals surface area contributed by atoms with Crippen molar-refractivity contribution in [2.24, 2.45) is 0 Å². The summed E-state index contributed by atoms with van der Waals surface area (Å²) < 4.78 is 22.1. The molecule has 0 aromatic heterocycles. The number of carbonyl (C=O) groups excluding carboxylic acids is 1. The molecule has 2 atom stereocenters. The van der Waals surface area contributed by atoms with Crippen LogP contribution in [0.3, 0.4) is 0 Å². The first-order valence-corrected chi connectivity index (χ1v) is 9.30. The third-order valence-corrected chi connectivity index (χ3v) is 4.76. The molecule has 1 amide bonds. The van der Waals surface area contributed by atoms with E-state index in [1.165, 1.54) is 6.66 Å². The number of carbonyl (C=O) groups is 1. The van der Waals surface area contributed by atoms with Crippen LogP contribution in [0.15, 0.2) is 30.3 Å². The van der Waals surface area contributed by atoms with Crippen LogP contribution in [0.1, 0.15) is 18.9 Å².